The molecule has 0 amide bonds. The van der Waals surface area contributed by atoms with Crippen molar-refractivity contribution in [1.82, 2.24) is 9.78 Å². The molecule has 6 heteroatoms. The number of rotatable bonds is 1. The maximum absolute atomic E-state index is 7.28. The van der Waals surface area contributed by atoms with E-state index < -0.39 is 0 Å². The molecule has 1 aliphatic rings. The Labute approximate surface area is 82.2 Å². The second kappa shape index (κ2) is 3.66. The lowest BCUT2D eigenvalue weighted by Gasteiger charge is -2.16. The van der Waals surface area contributed by atoms with Gasteiger partial charge < -0.3 is 11.1 Å². The summed E-state index contributed by atoms with van der Waals surface area (Å²) in [5, 5.41) is 14.6. The minimum Gasteiger partial charge on any atom is -0.384 e. The standard InChI is InChI=1S/C7H11N5.ClH/c8-6(9)5-4-11-12-3-1-2-10-7(5)12;/h4,10H,1-3H2,(H3,8,9);1H. The summed E-state index contributed by atoms with van der Waals surface area (Å²) in [6, 6.07) is 0. The van der Waals surface area contributed by atoms with Gasteiger partial charge in [0.05, 0.1) is 11.8 Å². The highest BCUT2D eigenvalue weighted by atomic mass is 35.5. The van der Waals surface area contributed by atoms with E-state index in [4.69, 9.17) is 11.1 Å². The van der Waals surface area contributed by atoms with Gasteiger partial charge in [-0.3, -0.25) is 5.41 Å². The molecular formula is C7H12ClN5. The van der Waals surface area contributed by atoms with Crippen molar-refractivity contribution in [3.63, 3.8) is 0 Å². The summed E-state index contributed by atoms with van der Waals surface area (Å²) in [6.07, 6.45) is 2.71. The van der Waals surface area contributed by atoms with E-state index in [0.717, 1.165) is 25.3 Å². The molecule has 0 atom stereocenters. The number of nitrogens with one attached hydrogen (secondary N) is 2. The quantitative estimate of drug-likeness (QED) is 0.455. The molecule has 0 fully saturated rings. The van der Waals surface area contributed by atoms with Gasteiger partial charge in [-0.25, -0.2) is 4.68 Å². The summed E-state index contributed by atoms with van der Waals surface area (Å²) in [5.74, 6) is 0.958. The first-order valence-corrected chi connectivity index (χ1v) is 3.93. The van der Waals surface area contributed by atoms with Crippen LogP contribution in [0.4, 0.5) is 5.82 Å². The van der Waals surface area contributed by atoms with Crippen molar-refractivity contribution in [3.8, 4) is 0 Å². The van der Waals surface area contributed by atoms with Gasteiger partial charge in [-0.1, -0.05) is 0 Å². The van der Waals surface area contributed by atoms with E-state index >= 15 is 0 Å². The molecule has 4 N–H and O–H groups in total. The van der Waals surface area contributed by atoms with E-state index in [1.807, 2.05) is 4.68 Å². The molecule has 13 heavy (non-hydrogen) atoms. The lowest BCUT2D eigenvalue weighted by Crippen LogP contribution is -2.21. The lowest BCUT2D eigenvalue weighted by molar-refractivity contribution is 0.567. The average molecular weight is 202 g/mol. The minimum atomic E-state index is 0. The molecule has 0 saturated heterocycles. The third-order valence-corrected chi connectivity index (χ3v) is 1.97. The predicted octanol–water partition coefficient (Wildman–Crippen LogP) is 0.405. The van der Waals surface area contributed by atoms with Crippen LogP contribution in [0.25, 0.3) is 0 Å². The first-order valence-electron chi connectivity index (χ1n) is 3.93. The van der Waals surface area contributed by atoms with Crippen LogP contribution < -0.4 is 11.1 Å². The Hall–Kier alpha value is -1.23. The summed E-state index contributed by atoms with van der Waals surface area (Å²) in [7, 11) is 0. The van der Waals surface area contributed by atoms with Gasteiger partial charge in [-0.15, -0.1) is 12.4 Å². The number of nitrogen functional groups attached to an aromatic ring is 1. The molecule has 0 unspecified atom stereocenters. The number of anilines is 1. The number of aromatic nitrogens is 2. The van der Waals surface area contributed by atoms with E-state index in [2.05, 4.69) is 10.4 Å². The third kappa shape index (κ3) is 1.60. The Morgan fingerprint density at radius 2 is 2.46 bits per heavy atom. The molecule has 0 aromatic carbocycles. The Morgan fingerprint density at radius 1 is 1.69 bits per heavy atom. The zero-order valence-electron chi connectivity index (χ0n) is 7.08. The molecule has 1 aromatic rings. The van der Waals surface area contributed by atoms with E-state index in [9.17, 15) is 0 Å². The average Bonchev–Trinajstić information content (AvgIpc) is 2.47. The fourth-order valence-corrected chi connectivity index (χ4v) is 1.37. The molecule has 5 nitrogen and oxygen atoms in total. The normalized spacial score (nSPS) is 13.8. The van der Waals surface area contributed by atoms with Crippen LogP contribution in [0.3, 0.4) is 0 Å². The Kier molecular flexibility index (Phi) is 2.77. The van der Waals surface area contributed by atoms with Crippen LogP contribution >= 0.6 is 12.4 Å². The second-order valence-corrected chi connectivity index (χ2v) is 2.82. The van der Waals surface area contributed by atoms with E-state index in [-0.39, 0.29) is 18.2 Å². The Morgan fingerprint density at radius 3 is 3.15 bits per heavy atom. The Balaban J connectivity index is 0.000000845. The van der Waals surface area contributed by atoms with Gasteiger partial charge in [0.1, 0.15) is 11.7 Å². The monoisotopic (exact) mass is 201 g/mol. The first kappa shape index (κ1) is 9.85. The summed E-state index contributed by atoms with van der Waals surface area (Å²) in [6.45, 7) is 1.85. The second-order valence-electron chi connectivity index (χ2n) is 2.82. The maximum atomic E-state index is 7.28. The van der Waals surface area contributed by atoms with Gasteiger partial charge in [-0.2, -0.15) is 5.10 Å². The predicted molar refractivity (Wildman–Crippen MR) is 53.6 cm³/mol. The molecule has 72 valence electrons. The molecule has 1 aromatic heterocycles. The van der Waals surface area contributed by atoms with Gasteiger partial charge in [0.15, 0.2) is 0 Å². The highest BCUT2D eigenvalue weighted by Gasteiger charge is 2.15. The van der Waals surface area contributed by atoms with E-state index in [0.29, 0.717) is 5.56 Å². The summed E-state index contributed by atoms with van der Waals surface area (Å²) < 4.78 is 1.85. The number of aryl methyl sites for hydroxylation is 1. The maximum Gasteiger partial charge on any atom is 0.135 e. The van der Waals surface area contributed by atoms with Gasteiger partial charge in [0.2, 0.25) is 0 Å². The summed E-state index contributed by atoms with van der Waals surface area (Å²) in [4.78, 5) is 0. The van der Waals surface area contributed by atoms with Gasteiger partial charge in [0, 0.05) is 13.1 Å². The summed E-state index contributed by atoms with van der Waals surface area (Å²) in [5.41, 5.74) is 6.08. The fourth-order valence-electron chi connectivity index (χ4n) is 1.37. The molecule has 0 bridgehead atoms. The van der Waals surface area contributed by atoms with Crippen molar-refractivity contribution < 1.29 is 0 Å². The van der Waals surface area contributed by atoms with Crippen LogP contribution in [0.2, 0.25) is 0 Å². The number of hydrogen-bond donors (Lipinski definition) is 3. The van der Waals surface area contributed by atoms with Crippen molar-refractivity contribution in [3.05, 3.63) is 11.8 Å². The van der Waals surface area contributed by atoms with Crippen molar-refractivity contribution in [2.75, 3.05) is 11.9 Å². The van der Waals surface area contributed by atoms with Crippen LogP contribution in [-0.2, 0) is 6.54 Å². The first-order chi connectivity index (χ1) is 5.79. The van der Waals surface area contributed by atoms with Crippen molar-refractivity contribution >= 4 is 24.1 Å². The molecule has 0 radical (unpaired) electrons. The van der Waals surface area contributed by atoms with Crippen molar-refractivity contribution in [1.29, 1.82) is 5.41 Å². The van der Waals surface area contributed by atoms with Gasteiger partial charge >= 0.3 is 0 Å². The molecule has 0 spiro atoms. The highest BCUT2D eigenvalue weighted by molar-refractivity contribution is 5.99. The number of halogens is 1. The zero-order valence-corrected chi connectivity index (χ0v) is 7.90. The number of hydrogen-bond acceptors (Lipinski definition) is 3. The number of nitrogens with zero attached hydrogens (tertiary/aromatic N) is 2. The zero-order chi connectivity index (χ0) is 8.55. The topological polar surface area (TPSA) is 79.7 Å². The van der Waals surface area contributed by atoms with Gasteiger partial charge in [-0.05, 0) is 6.42 Å². The van der Waals surface area contributed by atoms with E-state index in [1.165, 1.54) is 0 Å². The third-order valence-electron chi connectivity index (χ3n) is 1.97. The van der Waals surface area contributed by atoms with Crippen LogP contribution in [0.15, 0.2) is 6.20 Å². The van der Waals surface area contributed by atoms with Crippen LogP contribution in [0.1, 0.15) is 12.0 Å². The minimum absolute atomic E-state index is 0. The molecule has 0 saturated carbocycles. The van der Waals surface area contributed by atoms with Gasteiger partial charge in [0.25, 0.3) is 0 Å². The molecule has 2 heterocycles. The SMILES string of the molecule is Cl.N=C(N)c1cnn2c1NCCC2. The fraction of sp³-hybridized carbons (Fsp3) is 0.429. The van der Waals surface area contributed by atoms with Crippen LogP contribution in [0.5, 0.6) is 0 Å². The van der Waals surface area contributed by atoms with Crippen LogP contribution in [-0.4, -0.2) is 22.2 Å². The number of amidine groups is 1. The molecule has 2 rings (SSSR count). The largest absolute Gasteiger partial charge is 0.384 e. The van der Waals surface area contributed by atoms with Crippen LogP contribution in [0, 0.1) is 5.41 Å². The Bertz CT molecular complexity index is 319. The summed E-state index contributed by atoms with van der Waals surface area (Å²) >= 11 is 0. The molecular weight excluding hydrogens is 190 g/mol. The van der Waals surface area contributed by atoms with E-state index in [1.54, 1.807) is 6.20 Å². The smallest absolute Gasteiger partial charge is 0.135 e. The molecule has 1 aliphatic heterocycles. The number of fused-ring (bicyclic) bond motifs is 1. The van der Waals surface area contributed by atoms with Crippen molar-refractivity contribution in [2.24, 2.45) is 5.73 Å². The number of nitrogens with two attached hydrogens (primary N) is 1. The van der Waals surface area contributed by atoms with Crippen molar-refractivity contribution in [2.45, 2.75) is 13.0 Å². The highest BCUT2D eigenvalue weighted by Crippen LogP contribution is 2.17. The molecule has 0 aliphatic carbocycles. The lowest BCUT2D eigenvalue weighted by atomic mass is 10.2.